The quantitative estimate of drug-likeness (QED) is 0.237. The molecule has 1 aliphatic rings. The second kappa shape index (κ2) is 11.6. The number of hydrogen-bond donors (Lipinski definition) is 2. The number of carbonyl (C=O) groups is 2. The third-order valence-electron chi connectivity index (χ3n) is 6.44. The molecule has 4 aromatic rings. The molecule has 1 aromatic heterocycles. The second-order valence-corrected chi connectivity index (χ2v) is 12.2. The van der Waals surface area contributed by atoms with Gasteiger partial charge in [-0.25, -0.2) is 4.98 Å². The fraction of sp³-hybridized carbons (Fsp3) is 0.233. The van der Waals surface area contributed by atoms with Crippen LogP contribution in [0.4, 0.5) is 11.4 Å². The summed E-state index contributed by atoms with van der Waals surface area (Å²) in [6.45, 7) is 6.60. The van der Waals surface area contributed by atoms with Crippen LogP contribution in [0.3, 0.4) is 0 Å². The number of rotatable bonds is 8. The number of carbonyl (C=O) groups excluding carboxylic acids is 1. The normalized spacial score (nSPS) is 13.7. The van der Waals surface area contributed by atoms with Crippen molar-refractivity contribution < 1.29 is 19.4 Å². The lowest BCUT2D eigenvalue weighted by Gasteiger charge is -2.28. The number of aliphatic carboxylic acids is 1. The molecule has 7 nitrogen and oxygen atoms in total. The van der Waals surface area contributed by atoms with E-state index >= 15 is 0 Å². The number of aromatic nitrogens is 1. The minimum absolute atomic E-state index is 0.163. The van der Waals surface area contributed by atoms with Gasteiger partial charge in [-0.3, -0.25) is 9.59 Å². The molecular weight excluding hydrogens is 530 g/mol. The van der Waals surface area contributed by atoms with E-state index in [0.717, 1.165) is 64.4 Å². The molecule has 9 heteroatoms. The average molecular weight is 560 g/mol. The van der Waals surface area contributed by atoms with Crippen LogP contribution >= 0.6 is 23.1 Å². The highest BCUT2D eigenvalue weighted by Gasteiger charge is 2.28. The van der Waals surface area contributed by atoms with E-state index in [1.165, 1.54) is 11.8 Å². The van der Waals surface area contributed by atoms with Crippen molar-refractivity contribution in [2.75, 3.05) is 36.5 Å². The predicted molar refractivity (Wildman–Crippen MR) is 158 cm³/mol. The molecule has 0 bridgehead atoms. The molecule has 1 amide bonds. The number of thioether (sulfide) groups is 1. The van der Waals surface area contributed by atoms with Crippen molar-refractivity contribution in [3.05, 3.63) is 83.7 Å². The highest BCUT2D eigenvalue weighted by molar-refractivity contribution is 8.01. The van der Waals surface area contributed by atoms with Gasteiger partial charge in [0.1, 0.15) is 9.75 Å². The SMILES string of the molecule is CC(C)(Sc1ccc(-c2nc(-c3ccc(C(=O)Nc4ccc(N5CCOCC5)cc4)cc3)cs2)cc1)C(=O)O. The number of morpholine rings is 1. The summed E-state index contributed by atoms with van der Waals surface area (Å²) in [6, 6.07) is 23.1. The lowest BCUT2D eigenvalue weighted by Crippen LogP contribution is -2.36. The van der Waals surface area contributed by atoms with Gasteiger partial charge in [0.25, 0.3) is 5.91 Å². The standard InChI is InChI=1S/C30H29N3O4S2/c1-30(2,29(35)36)39-25-13-7-22(8-14-25)28-32-26(19-38-28)20-3-5-21(6-4-20)27(34)31-23-9-11-24(12-10-23)33-15-17-37-18-16-33/h3-14,19H,15-18H2,1-2H3,(H,31,34)(H,35,36). The summed E-state index contributed by atoms with van der Waals surface area (Å²) in [7, 11) is 0. The third kappa shape index (κ3) is 6.50. The van der Waals surface area contributed by atoms with Crippen LogP contribution in [0.25, 0.3) is 21.8 Å². The Hall–Kier alpha value is -3.66. The van der Waals surface area contributed by atoms with Gasteiger partial charge in [0, 0.05) is 51.4 Å². The van der Waals surface area contributed by atoms with Crippen LogP contribution < -0.4 is 10.2 Å². The van der Waals surface area contributed by atoms with Crippen LogP contribution in [0.1, 0.15) is 24.2 Å². The maximum atomic E-state index is 12.8. The number of carboxylic acid groups (broad SMARTS) is 1. The third-order valence-corrected chi connectivity index (χ3v) is 8.52. The number of hydrogen-bond acceptors (Lipinski definition) is 7. The van der Waals surface area contributed by atoms with Crippen LogP contribution in [0.2, 0.25) is 0 Å². The van der Waals surface area contributed by atoms with Crippen molar-refractivity contribution in [2.45, 2.75) is 23.5 Å². The lowest BCUT2D eigenvalue weighted by molar-refractivity contribution is -0.138. The van der Waals surface area contributed by atoms with Crippen LogP contribution in [-0.2, 0) is 9.53 Å². The summed E-state index contributed by atoms with van der Waals surface area (Å²) in [4.78, 5) is 32.1. The molecule has 39 heavy (non-hydrogen) atoms. The number of benzene rings is 3. The van der Waals surface area contributed by atoms with Gasteiger partial charge in [-0.15, -0.1) is 23.1 Å². The van der Waals surface area contributed by atoms with E-state index in [9.17, 15) is 14.7 Å². The van der Waals surface area contributed by atoms with Crippen LogP contribution in [-0.4, -0.2) is 53.0 Å². The van der Waals surface area contributed by atoms with E-state index in [0.29, 0.717) is 5.56 Å². The predicted octanol–water partition coefficient (Wildman–Crippen LogP) is 6.52. The van der Waals surface area contributed by atoms with E-state index in [1.807, 2.05) is 78.2 Å². The molecule has 0 spiro atoms. The largest absolute Gasteiger partial charge is 0.480 e. The number of anilines is 2. The first kappa shape index (κ1) is 26.9. The number of ether oxygens (including phenoxy) is 1. The van der Waals surface area contributed by atoms with Crippen LogP contribution in [0.15, 0.2) is 83.1 Å². The van der Waals surface area contributed by atoms with Gasteiger partial charge >= 0.3 is 5.97 Å². The van der Waals surface area contributed by atoms with Gasteiger partial charge in [0.05, 0.1) is 18.9 Å². The van der Waals surface area contributed by atoms with E-state index in [2.05, 4.69) is 10.2 Å². The zero-order valence-electron chi connectivity index (χ0n) is 21.7. The first-order valence-corrected chi connectivity index (χ1v) is 14.3. The minimum atomic E-state index is -0.896. The van der Waals surface area contributed by atoms with E-state index in [-0.39, 0.29) is 5.91 Å². The maximum absolute atomic E-state index is 12.8. The highest BCUT2D eigenvalue weighted by atomic mass is 32.2. The summed E-state index contributed by atoms with van der Waals surface area (Å²) in [6.07, 6.45) is 0. The Morgan fingerprint density at radius 1 is 0.949 bits per heavy atom. The summed E-state index contributed by atoms with van der Waals surface area (Å²) in [5.74, 6) is -1.01. The van der Waals surface area contributed by atoms with Crippen molar-refractivity contribution in [1.82, 2.24) is 4.98 Å². The van der Waals surface area contributed by atoms with Crippen molar-refractivity contribution in [1.29, 1.82) is 0 Å². The molecule has 200 valence electrons. The summed E-state index contributed by atoms with van der Waals surface area (Å²) >= 11 is 2.86. The van der Waals surface area contributed by atoms with Gasteiger partial charge < -0.3 is 20.1 Å². The molecule has 5 rings (SSSR count). The lowest BCUT2D eigenvalue weighted by atomic mass is 10.1. The topological polar surface area (TPSA) is 91.8 Å². The van der Waals surface area contributed by atoms with Gasteiger partial charge in [0.2, 0.25) is 0 Å². The average Bonchev–Trinajstić information content (AvgIpc) is 3.45. The highest BCUT2D eigenvalue weighted by Crippen LogP contribution is 2.35. The Morgan fingerprint density at radius 3 is 2.23 bits per heavy atom. The Labute approximate surface area is 235 Å². The van der Waals surface area contributed by atoms with E-state index in [4.69, 9.17) is 9.72 Å². The number of nitrogens with zero attached hydrogens (tertiary/aromatic N) is 2. The number of thiazole rings is 1. The Bertz CT molecular complexity index is 1440. The van der Waals surface area contributed by atoms with Crippen molar-refractivity contribution in [3.8, 4) is 21.8 Å². The first-order valence-electron chi connectivity index (χ1n) is 12.6. The smallest absolute Gasteiger partial charge is 0.319 e. The Morgan fingerprint density at radius 2 is 1.59 bits per heavy atom. The summed E-state index contributed by atoms with van der Waals surface area (Å²) < 4.78 is 4.51. The zero-order valence-corrected chi connectivity index (χ0v) is 23.3. The summed E-state index contributed by atoms with van der Waals surface area (Å²) in [5.41, 5.74) is 5.19. The van der Waals surface area contributed by atoms with Gasteiger partial charge in [-0.1, -0.05) is 24.3 Å². The fourth-order valence-corrected chi connectivity index (χ4v) is 5.90. The minimum Gasteiger partial charge on any atom is -0.480 e. The molecule has 2 heterocycles. The molecule has 0 saturated carbocycles. The molecule has 1 fully saturated rings. The molecule has 3 aromatic carbocycles. The van der Waals surface area contributed by atoms with Gasteiger partial charge in [0.15, 0.2) is 0 Å². The number of amides is 1. The maximum Gasteiger partial charge on any atom is 0.319 e. The fourth-order valence-electron chi connectivity index (χ4n) is 4.12. The van der Waals surface area contributed by atoms with Crippen LogP contribution in [0.5, 0.6) is 0 Å². The molecule has 0 radical (unpaired) electrons. The second-order valence-electron chi connectivity index (χ2n) is 9.66. The molecule has 0 atom stereocenters. The van der Waals surface area contributed by atoms with Crippen molar-refractivity contribution in [2.24, 2.45) is 0 Å². The Kier molecular flexibility index (Phi) is 8.02. The van der Waals surface area contributed by atoms with E-state index < -0.39 is 10.7 Å². The van der Waals surface area contributed by atoms with E-state index in [1.54, 1.807) is 25.2 Å². The van der Waals surface area contributed by atoms with Crippen molar-refractivity contribution >= 4 is 46.3 Å². The molecule has 1 saturated heterocycles. The zero-order chi connectivity index (χ0) is 27.4. The number of carboxylic acids is 1. The van der Waals surface area contributed by atoms with Crippen LogP contribution in [0, 0.1) is 0 Å². The van der Waals surface area contributed by atoms with Crippen molar-refractivity contribution in [3.63, 3.8) is 0 Å². The molecule has 0 aliphatic carbocycles. The first-order chi connectivity index (χ1) is 18.8. The summed E-state index contributed by atoms with van der Waals surface area (Å²) in [5, 5.41) is 15.2. The molecule has 0 unspecified atom stereocenters. The van der Waals surface area contributed by atoms with Gasteiger partial charge in [-0.2, -0.15) is 0 Å². The molecule has 1 aliphatic heterocycles. The van der Waals surface area contributed by atoms with Gasteiger partial charge in [-0.05, 0) is 62.4 Å². The Balaban J connectivity index is 1.21. The number of nitrogens with one attached hydrogen (secondary N) is 1. The molecular formula is C30H29N3O4S2. The molecule has 2 N–H and O–H groups in total. The monoisotopic (exact) mass is 559 g/mol.